The van der Waals surface area contributed by atoms with E-state index in [0.29, 0.717) is 10.6 Å². The van der Waals surface area contributed by atoms with Gasteiger partial charge in [0.05, 0.1) is 0 Å². The maximum Gasteiger partial charge on any atom is 0.274 e. The van der Waals surface area contributed by atoms with Crippen molar-refractivity contribution in [3.63, 3.8) is 0 Å². The molecule has 4 nitrogen and oxygen atoms in total. The van der Waals surface area contributed by atoms with Gasteiger partial charge >= 0.3 is 0 Å². The Hall–Kier alpha value is -2.89. The number of nitriles is 2. The zero-order chi connectivity index (χ0) is 18.1. The summed E-state index contributed by atoms with van der Waals surface area (Å²) in [6, 6.07) is 24.5. The Labute approximate surface area is 155 Å². The molecular weight excluding hydrogens is 348 g/mol. The van der Waals surface area contributed by atoms with Crippen LogP contribution in [0.1, 0.15) is 23.5 Å². The Morgan fingerprint density at radius 1 is 0.885 bits per heavy atom. The molecule has 1 heterocycles. The first kappa shape index (κ1) is 16.6. The lowest BCUT2D eigenvalue weighted by Crippen LogP contribution is -2.30. The Bertz CT molecular complexity index is 1030. The molecule has 0 aliphatic carbocycles. The molecule has 0 saturated carbocycles. The molecule has 26 heavy (non-hydrogen) atoms. The molecular formula is C21H13ClN2O2. The first-order chi connectivity index (χ1) is 12.7. The van der Waals surface area contributed by atoms with Crippen molar-refractivity contribution < 1.29 is 9.47 Å². The number of hydrogen-bond acceptors (Lipinski definition) is 4. The lowest BCUT2D eigenvalue weighted by molar-refractivity contribution is -0.0717. The summed E-state index contributed by atoms with van der Waals surface area (Å²) in [6.07, 6.45) is -1.65. The molecule has 1 aliphatic rings. The number of benzene rings is 3. The van der Waals surface area contributed by atoms with Crippen LogP contribution in [0.4, 0.5) is 0 Å². The van der Waals surface area contributed by atoms with E-state index in [1.165, 1.54) is 0 Å². The highest BCUT2D eigenvalue weighted by Gasteiger charge is 2.53. The van der Waals surface area contributed by atoms with Gasteiger partial charge in [0.25, 0.3) is 5.60 Å². The van der Waals surface area contributed by atoms with E-state index in [9.17, 15) is 10.5 Å². The first-order valence-electron chi connectivity index (χ1n) is 8.06. The smallest absolute Gasteiger partial charge is 0.274 e. The zero-order valence-corrected chi connectivity index (χ0v) is 14.4. The van der Waals surface area contributed by atoms with Crippen LogP contribution >= 0.6 is 11.6 Å². The summed E-state index contributed by atoms with van der Waals surface area (Å²) in [5.74, 6) is 0. The van der Waals surface area contributed by atoms with Crippen molar-refractivity contribution in [3.8, 4) is 12.1 Å². The van der Waals surface area contributed by atoms with E-state index in [1.54, 1.807) is 24.3 Å². The molecule has 1 saturated heterocycles. The number of nitrogens with zero attached hydrogens (tertiary/aromatic N) is 2. The molecule has 0 N–H and O–H groups in total. The van der Waals surface area contributed by atoms with Gasteiger partial charge in [-0.05, 0) is 28.5 Å². The van der Waals surface area contributed by atoms with E-state index in [2.05, 4.69) is 0 Å². The summed E-state index contributed by atoms with van der Waals surface area (Å²) < 4.78 is 11.9. The molecule has 0 radical (unpaired) electrons. The van der Waals surface area contributed by atoms with Crippen LogP contribution in [0.25, 0.3) is 10.8 Å². The SMILES string of the molecule is N#CC1(C#N)O[C@@H](c2ccc(Cl)cc2)O[C@H]1c1cccc2ccccc12. The van der Waals surface area contributed by atoms with E-state index in [1.807, 2.05) is 54.6 Å². The summed E-state index contributed by atoms with van der Waals surface area (Å²) in [5, 5.41) is 22.0. The largest absolute Gasteiger partial charge is 0.335 e. The van der Waals surface area contributed by atoms with Gasteiger partial charge in [-0.25, -0.2) is 0 Å². The van der Waals surface area contributed by atoms with Gasteiger partial charge in [-0.3, -0.25) is 0 Å². The third-order valence-corrected chi connectivity index (χ3v) is 4.75. The van der Waals surface area contributed by atoms with Gasteiger partial charge in [-0.15, -0.1) is 0 Å². The molecule has 0 amide bonds. The minimum Gasteiger partial charge on any atom is -0.335 e. The molecule has 5 heteroatoms. The number of hydrogen-bond donors (Lipinski definition) is 0. The Balaban J connectivity index is 1.82. The van der Waals surface area contributed by atoms with Crippen LogP contribution in [-0.2, 0) is 9.47 Å². The second kappa shape index (κ2) is 6.44. The van der Waals surface area contributed by atoms with Crippen molar-refractivity contribution in [3.05, 3.63) is 82.9 Å². The van der Waals surface area contributed by atoms with Crippen LogP contribution in [-0.4, -0.2) is 5.60 Å². The second-order valence-corrected chi connectivity index (χ2v) is 6.48. The van der Waals surface area contributed by atoms with Crippen molar-refractivity contribution >= 4 is 22.4 Å². The van der Waals surface area contributed by atoms with Crippen molar-refractivity contribution in [2.24, 2.45) is 0 Å². The Morgan fingerprint density at radius 2 is 1.58 bits per heavy atom. The normalized spacial score (nSPS) is 21.2. The van der Waals surface area contributed by atoms with Gasteiger partial charge in [-0.1, -0.05) is 66.2 Å². The number of rotatable bonds is 2. The molecule has 0 unspecified atom stereocenters. The van der Waals surface area contributed by atoms with Crippen molar-refractivity contribution in [2.45, 2.75) is 18.0 Å². The minimum absolute atomic E-state index is 0.587. The van der Waals surface area contributed by atoms with Gasteiger partial charge in [-0.2, -0.15) is 10.5 Å². The summed E-state index contributed by atoms with van der Waals surface area (Å²) in [6.45, 7) is 0. The van der Waals surface area contributed by atoms with E-state index in [4.69, 9.17) is 21.1 Å². The highest BCUT2D eigenvalue weighted by atomic mass is 35.5. The van der Waals surface area contributed by atoms with Crippen molar-refractivity contribution in [1.82, 2.24) is 0 Å². The average Bonchev–Trinajstić information content (AvgIpc) is 3.08. The second-order valence-electron chi connectivity index (χ2n) is 6.05. The number of ether oxygens (including phenoxy) is 2. The minimum atomic E-state index is -1.73. The van der Waals surface area contributed by atoms with Crippen LogP contribution in [0.15, 0.2) is 66.7 Å². The monoisotopic (exact) mass is 360 g/mol. The standard InChI is InChI=1S/C21H13ClN2O2/c22-16-10-8-15(9-11-16)20-25-19(21(12-23,13-24)26-20)18-7-3-5-14-4-1-2-6-17(14)18/h1-11,19-20H/t19-,20-/m0/s1. The highest BCUT2D eigenvalue weighted by Crippen LogP contribution is 2.47. The van der Waals surface area contributed by atoms with Gasteiger partial charge in [0.15, 0.2) is 6.29 Å². The van der Waals surface area contributed by atoms with Crippen LogP contribution in [0, 0.1) is 22.7 Å². The molecule has 3 aromatic carbocycles. The topological polar surface area (TPSA) is 66.0 Å². The van der Waals surface area contributed by atoms with Gasteiger partial charge in [0, 0.05) is 10.6 Å². The highest BCUT2D eigenvalue weighted by molar-refractivity contribution is 6.30. The summed E-state index contributed by atoms with van der Waals surface area (Å²) >= 11 is 5.93. The Kier molecular flexibility index (Phi) is 4.11. The average molecular weight is 361 g/mol. The molecule has 0 aromatic heterocycles. The fourth-order valence-electron chi connectivity index (χ4n) is 3.21. The summed E-state index contributed by atoms with van der Waals surface area (Å²) in [4.78, 5) is 0. The predicted octanol–water partition coefficient (Wildman–Crippen LogP) is 5.07. The maximum atomic E-state index is 9.73. The summed E-state index contributed by atoms with van der Waals surface area (Å²) in [5.41, 5.74) is -0.274. The van der Waals surface area contributed by atoms with Gasteiger partial charge in [0.1, 0.15) is 18.2 Å². The van der Waals surface area contributed by atoms with E-state index in [0.717, 1.165) is 16.3 Å². The molecule has 2 atom stereocenters. The number of fused-ring (bicyclic) bond motifs is 1. The van der Waals surface area contributed by atoms with Gasteiger partial charge in [0.2, 0.25) is 0 Å². The zero-order valence-electron chi connectivity index (χ0n) is 13.6. The molecule has 0 bridgehead atoms. The van der Waals surface area contributed by atoms with Crippen LogP contribution in [0.5, 0.6) is 0 Å². The molecule has 126 valence electrons. The maximum absolute atomic E-state index is 9.73. The van der Waals surface area contributed by atoms with E-state index < -0.39 is 18.0 Å². The fourth-order valence-corrected chi connectivity index (χ4v) is 3.34. The molecule has 0 spiro atoms. The van der Waals surface area contributed by atoms with Crippen LogP contribution in [0.2, 0.25) is 5.02 Å². The molecule has 3 aromatic rings. The third kappa shape index (κ3) is 2.62. The van der Waals surface area contributed by atoms with E-state index in [-0.39, 0.29) is 0 Å². The Morgan fingerprint density at radius 3 is 2.31 bits per heavy atom. The predicted molar refractivity (Wildman–Crippen MR) is 97.0 cm³/mol. The third-order valence-electron chi connectivity index (χ3n) is 4.50. The van der Waals surface area contributed by atoms with Crippen molar-refractivity contribution in [2.75, 3.05) is 0 Å². The molecule has 1 fully saturated rings. The fraction of sp³-hybridized carbons (Fsp3) is 0.143. The molecule has 4 rings (SSSR count). The quantitative estimate of drug-likeness (QED) is 0.640. The molecule has 1 aliphatic heterocycles. The van der Waals surface area contributed by atoms with Crippen LogP contribution in [0.3, 0.4) is 0 Å². The van der Waals surface area contributed by atoms with Crippen LogP contribution < -0.4 is 0 Å². The summed E-state index contributed by atoms with van der Waals surface area (Å²) in [7, 11) is 0. The lowest BCUT2D eigenvalue weighted by Gasteiger charge is -2.19. The van der Waals surface area contributed by atoms with Gasteiger partial charge < -0.3 is 9.47 Å². The number of halogens is 1. The first-order valence-corrected chi connectivity index (χ1v) is 8.43. The lowest BCUT2D eigenvalue weighted by atomic mass is 9.90. The van der Waals surface area contributed by atoms with Crippen molar-refractivity contribution in [1.29, 1.82) is 10.5 Å². The van der Waals surface area contributed by atoms with E-state index >= 15 is 0 Å².